The molecule has 0 bridgehead atoms. The van der Waals surface area contributed by atoms with Crippen LogP contribution in [0.3, 0.4) is 0 Å². The number of hydrogen-bond acceptors (Lipinski definition) is 3. The molecule has 3 aromatic rings. The summed E-state index contributed by atoms with van der Waals surface area (Å²) < 4.78 is 18.7. The Morgan fingerprint density at radius 3 is 2.86 bits per heavy atom. The molecule has 1 aromatic heterocycles. The number of oxazole rings is 1. The van der Waals surface area contributed by atoms with Gasteiger partial charge in [0.25, 0.3) is 0 Å². The number of amides is 1. The van der Waals surface area contributed by atoms with E-state index in [9.17, 15) is 9.18 Å². The van der Waals surface area contributed by atoms with Crippen LogP contribution < -0.4 is 5.32 Å². The molecule has 0 radical (unpaired) electrons. The number of carbonyl (C=O) groups excluding carboxylic acids is 1. The van der Waals surface area contributed by atoms with Gasteiger partial charge < -0.3 is 9.73 Å². The van der Waals surface area contributed by atoms with Crippen molar-refractivity contribution in [2.75, 3.05) is 5.32 Å². The monoisotopic (exact) mass is 318 g/mol. The van der Waals surface area contributed by atoms with Gasteiger partial charge in [-0.2, -0.15) is 0 Å². The van der Waals surface area contributed by atoms with Crippen molar-refractivity contribution in [3.63, 3.8) is 0 Å². The highest BCUT2D eigenvalue weighted by Gasteiger charge is 2.13. The number of carbonyl (C=O) groups is 1. The fourth-order valence-electron chi connectivity index (χ4n) is 2.03. The Kier molecular flexibility index (Phi) is 3.81. The van der Waals surface area contributed by atoms with E-state index in [4.69, 9.17) is 16.0 Å². The molecule has 1 N–H and O–H groups in total. The van der Waals surface area contributed by atoms with Crippen molar-refractivity contribution in [1.82, 2.24) is 4.98 Å². The first-order valence-electron chi connectivity index (χ1n) is 6.72. The summed E-state index contributed by atoms with van der Waals surface area (Å²) in [6.45, 7) is 1.78. The van der Waals surface area contributed by atoms with Crippen LogP contribution in [-0.2, 0) is 4.79 Å². The van der Waals surface area contributed by atoms with Crippen LogP contribution in [0.2, 0.25) is 5.02 Å². The molecule has 1 amide bonds. The van der Waals surface area contributed by atoms with E-state index in [2.05, 4.69) is 10.3 Å². The van der Waals surface area contributed by atoms with Gasteiger partial charge in [-0.1, -0.05) is 18.5 Å². The van der Waals surface area contributed by atoms with Crippen LogP contribution in [-0.4, -0.2) is 10.9 Å². The average molecular weight is 319 g/mol. The van der Waals surface area contributed by atoms with Gasteiger partial charge in [0.05, 0.1) is 10.6 Å². The lowest BCUT2D eigenvalue weighted by molar-refractivity contribution is -0.115. The summed E-state index contributed by atoms with van der Waals surface area (Å²) in [5.74, 6) is -0.196. The van der Waals surface area contributed by atoms with E-state index >= 15 is 0 Å². The fraction of sp³-hybridized carbons (Fsp3) is 0.125. The molecule has 0 aliphatic heterocycles. The van der Waals surface area contributed by atoms with Crippen molar-refractivity contribution in [3.05, 3.63) is 47.2 Å². The van der Waals surface area contributed by atoms with Crippen molar-refractivity contribution in [3.8, 4) is 11.5 Å². The minimum atomic E-state index is -0.422. The molecule has 2 aromatic carbocycles. The molecule has 6 heteroatoms. The molecule has 0 unspecified atom stereocenters. The molecule has 22 heavy (non-hydrogen) atoms. The van der Waals surface area contributed by atoms with Gasteiger partial charge in [-0.25, -0.2) is 9.37 Å². The molecule has 112 valence electrons. The summed E-state index contributed by atoms with van der Waals surface area (Å²) in [5, 5.41) is 2.98. The zero-order valence-corrected chi connectivity index (χ0v) is 12.4. The Bertz CT molecular complexity index is 860. The predicted octanol–water partition coefficient (Wildman–Crippen LogP) is 4.64. The number of hydrogen-bond donors (Lipinski definition) is 1. The van der Waals surface area contributed by atoms with Crippen molar-refractivity contribution in [2.24, 2.45) is 0 Å². The molecule has 0 aliphatic rings. The van der Waals surface area contributed by atoms with E-state index in [1.54, 1.807) is 25.1 Å². The normalized spacial score (nSPS) is 10.9. The Hall–Kier alpha value is -2.40. The molecule has 0 fully saturated rings. The fourth-order valence-corrected chi connectivity index (χ4v) is 2.28. The molecule has 0 aliphatic carbocycles. The lowest BCUT2D eigenvalue weighted by Crippen LogP contribution is -2.08. The van der Waals surface area contributed by atoms with Crippen LogP contribution >= 0.6 is 11.6 Å². The van der Waals surface area contributed by atoms with Gasteiger partial charge in [0.2, 0.25) is 11.8 Å². The second kappa shape index (κ2) is 5.77. The lowest BCUT2D eigenvalue weighted by Gasteiger charge is -2.01. The zero-order chi connectivity index (χ0) is 15.7. The Labute approximate surface area is 130 Å². The van der Waals surface area contributed by atoms with E-state index in [-0.39, 0.29) is 10.9 Å². The van der Waals surface area contributed by atoms with Crippen LogP contribution in [0.25, 0.3) is 22.6 Å². The highest BCUT2D eigenvalue weighted by molar-refractivity contribution is 6.33. The second-order valence-corrected chi connectivity index (χ2v) is 5.13. The number of halogens is 2. The SMILES string of the molecule is CCC(=O)Nc1ccc2oc(-c3ccc(F)cc3Cl)nc2c1. The average Bonchev–Trinajstić information content (AvgIpc) is 2.89. The minimum Gasteiger partial charge on any atom is -0.436 e. The largest absolute Gasteiger partial charge is 0.436 e. The first kappa shape index (κ1) is 14.5. The van der Waals surface area contributed by atoms with E-state index in [1.807, 2.05) is 0 Å². The quantitative estimate of drug-likeness (QED) is 0.765. The third kappa shape index (κ3) is 2.80. The zero-order valence-electron chi connectivity index (χ0n) is 11.7. The maximum atomic E-state index is 13.1. The van der Waals surface area contributed by atoms with Crippen LogP contribution in [0.1, 0.15) is 13.3 Å². The van der Waals surface area contributed by atoms with Crippen LogP contribution in [0.4, 0.5) is 10.1 Å². The minimum absolute atomic E-state index is 0.0790. The summed E-state index contributed by atoms with van der Waals surface area (Å²) in [7, 11) is 0. The first-order chi connectivity index (χ1) is 10.6. The van der Waals surface area contributed by atoms with Gasteiger partial charge in [-0.05, 0) is 36.4 Å². The second-order valence-electron chi connectivity index (χ2n) is 4.73. The van der Waals surface area contributed by atoms with Gasteiger partial charge in [0.15, 0.2) is 5.58 Å². The Balaban J connectivity index is 2.00. The maximum absolute atomic E-state index is 13.1. The Morgan fingerprint density at radius 1 is 1.32 bits per heavy atom. The van der Waals surface area contributed by atoms with Crippen LogP contribution in [0.5, 0.6) is 0 Å². The van der Waals surface area contributed by atoms with Gasteiger partial charge in [-0.3, -0.25) is 4.79 Å². The van der Waals surface area contributed by atoms with E-state index in [1.165, 1.54) is 18.2 Å². The molecule has 1 heterocycles. The molecule has 0 saturated carbocycles. The third-order valence-corrected chi connectivity index (χ3v) is 3.47. The number of nitrogens with zero attached hydrogens (tertiary/aromatic N) is 1. The number of anilines is 1. The molecule has 0 spiro atoms. The van der Waals surface area contributed by atoms with E-state index < -0.39 is 5.82 Å². The topological polar surface area (TPSA) is 55.1 Å². The summed E-state index contributed by atoms with van der Waals surface area (Å²) in [4.78, 5) is 15.8. The van der Waals surface area contributed by atoms with Gasteiger partial charge in [0, 0.05) is 12.1 Å². The van der Waals surface area contributed by atoms with Crippen molar-refractivity contribution >= 4 is 34.3 Å². The van der Waals surface area contributed by atoms with Gasteiger partial charge >= 0.3 is 0 Å². The van der Waals surface area contributed by atoms with E-state index in [0.717, 1.165) is 0 Å². The first-order valence-corrected chi connectivity index (χ1v) is 7.10. The summed E-state index contributed by atoms with van der Waals surface area (Å²) in [6.07, 6.45) is 0.396. The number of rotatable bonds is 3. The predicted molar refractivity (Wildman–Crippen MR) is 83.3 cm³/mol. The number of nitrogens with one attached hydrogen (secondary N) is 1. The van der Waals surface area contributed by atoms with Crippen LogP contribution in [0.15, 0.2) is 40.8 Å². The lowest BCUT2D eigenvalue weighted by atomic mass is 10.2. The maximum Gasteiger partial charge on any atom is 0.228 e. The van der Waals surface area contributed by atoms with Crippen molar-refractivity contribution in [1.29, 1.82) is 0 Å². The van der Waals surface area contributed by atoms with Crippen molar-refractivity contribution in [2.45, 2.75) is 13.3 Å². The summed E-state index contributed by atoms with van der Waals surface area (Å²) in [6, 6.07) is 9.18. The summed E-state index contributed by atoms with van der Waals surface area (Å²) in [5.41, 5.74) is 2.30. The Morgan fingerprint density at radius 2 is 2.14 bits per heavy atom. The summed E-state index contributed by atoms with van der Waals surface area (Å²) >= 11 is 6.01. The smallest absolute Gasteiger partial charge is 0.228 e. The standard InChI is InChI=1S/C16H12ClFN2O2/c1-2-15(21)19-10-4-6-14-13(8-10)20-16(22-14)11-5-3-9(18)7-12(11)17/h3-8H,2H2,1H3,(H,19,21). The molecule has 0 atom stereocenters. The number of aromatic nitrogens is 1. The molecule has 0 saturated heterocycles. The molecular weight excluding hydrogens is 307 g/mol. The van der Waals surface area contributed by atoms with Crippen molar-refractivity contribution < 1.29 is 13.6 Å². The molecule has 3 rings (SSSR count). The molecular formula is C16H12ClFN2O2. The number of fused-ring (bicyclic) bond motifs is 1. The van der Waals surface area contributed by atoms with E-state index in [0.29, 0.717) is 34.7 Å². The van der Waals surface area contributed by atoms with Gasteiger partial charge in [0.1, 0.15) is 11.3 Å². The highest BCUT2D eigenvalue weighted by Crippen LogP contribution is 2.31. The molecule has 4 nitrogen and oxygen atoms in total. The third-order valence-electron chi connectivity index (χ3n) is 3.15. The number of benzene rings is 2. The highest BCUT2D eigenvalue weighted by atomic mass is 35.5. The van der Waals surface area contributed by atoms with Crippen LogP contribution in [0, 0.1) is 5.82 Å². The van der Waals surface area contributed by atoms with Gasteiger partial charge in [-0.15, -0.1) is 0 Å².